The molecule has 0 spiro atoms. The van der Waals surface area contributed by atoms with Crippen LogP contribution in [0.2, 0.25) is 0 Å². The highest BCUT2D eigenvalue weighted by Crippen LogP contribution is 2.12. The second-order valence-corrected chi connectivity index (χ2v) is 3.24. The molecule has 1 rings (SSSR count). The molecule has 3 nitrogen and oxygen atoms in total. The first-order valence-electron chi connectivity index (χ1n) is 2.50. The number of halogens is 2. The molecular formula is C4H5BrIN3. The zero-order valence-corrected chi connectivity index (χ0v) is 8.55. The number of hydrogen-bond acceptors (Lipinski definition) is 2. The molecule has 1 heterocycles. The van der Waals surface area contributed by atoms with E-state index in [2.05, 4.69) is 48.7 Å². The van der Waals surface area contributed by atoms with Gasteiger partial charge in [-0.15, -0.1) is 10.2 Å². The minimum Gasteiger partial charge on any atom is -0.183 e. The molecule has 0 saturated heterocycles. The Balaban J connectivity index is 2.98. The van der Waals surface area contributed by atoms with Crippen LogP contribution in [0.1, 0.15) is 6.92 Å². The lowest BCUT2D eigenvalue weighted by atomic mass is 10.8. The smallest absolute Gasteiger partial charge is 0.161 e. The number of nitrogens with zero attached hydrogens (tertiary/aromatic N) is 3. The molecule has 0 N–H and O–H groups in total. The molecule has 0 radical (unpaired) electrons. The first kappa shape index (κ1) is 7.46. The summed E-state index contributed by atoms with van der Waals surface area (Å²) in [4.78, 5) is 1.64. The Morgan fingerprint density at radius 3 is 2.56 bits per heavy atom. The second-order valence-electron chi connectivity index (χ2n) is 1.47. The normalized spacial score (nSPS) is 10.1. The van der Waals surface area contributed by atoms with E-state index in [9.17, 15) is 0 Å². The number of aromatic nitrogens is 3. The lowest BCUT2D eigenvalue weighted by Crippen LogP contribution is -1.97. The summed E-state index contributed by atoms with van der Waals surface area (Å²) in [5.74, 6) is 0. The Kier molecular flexibility index (Phi) is 2.45. The van der Waals surface area contributed by atoms with Crippen molar-refractivity contribution in [1.29, 1.82) is 0 Å². The minimum atomic E-state index is 0.821. The summed E-state index contributed by atoms with van der Waals surface area (Å²) in [6.45, 7) is 2.82. The van der Waals surface area contributed by atoms with Crippen LogP contribution >= 0.6 is 38.5 Å². The third kappa shape index (κ3) is 1.64. The van der Waals surface area contributed by atoms with Gasteiger partial charge in [-0.2, -0.15) is 4.80 Å². The third-order valence-corrected chi connectivity index (χ3v) is 2.86. The van der Waals surface area contributed by atoms with Gasteiger partial charge in [-0.1, -0.05) is 0 Å². The van der Waals surface area contributed by atoms with Crippen molar-refractivity contribution >= 4 is 38.5 Å². The van der Waals surface area contributed by atoms with Crippen LogP contribution in [0.4, 0.5) is 0 Å². The molecule has 5 heteroatoms. The van der Waals surface area contributed by atoms with Gasteiger partial charge in [0.2, 0.25) is 0 Å². The molecule has 0 amide bonds. The molecule has 0 aliphatic heterocycles. The summed E-state index contributed by atoms with van der Waals surface area (Å²) in [5, 5.41) is 8.12. The summed E-state index contributed by atoms with van der Waals surface area (Å²) in [6, 6.07) is 0. The van der Waals surface area contributed by atoms with Crippen LogP contribution in [0.25, 0.3) is 0 Å². The van der Waals surface area contributed by atoms with Crippen molar-refractivity contribution in [1.82, 2.24) is 15.0 Å². The molecule has 0 atom stereocenters. The van der Waals surface area contributed by atoms with E-state index in [-0.39, 0.29) is 0 Å². The van der Waals surface area contributed by atoms with Crippen LogP contribution < -0.4 is 0 Å². The van der Waals surface area contributed by atoms with Gasteiger partial charge in [-0.25, -0.2) is 0 Å². The zero-order chi connectivity index (χ0) is 6.85. The van der Waals surface area contributed by atoms with Crippen molar-refractivity contribution < 1.29 is 0 Å². The van der Waals surface area contributed by atoms with Gasteiger partial charge in [0, 0.05) is 0 Å². The van der Waals surface area contributed by atoms with Gasteiger partial charge >= 0.3 is 0 Å². The first-order valence-corrected chi connectivity index (χ1v) is 4.37. The Morgan fingerprint density at radius 1 is 1.67 bits per heavy atom. The standard InChI is InChI=1S/C4H5BrIN3/c1-2-9-7-3(5)4(6)8-9/h2H2,1H3. The maximum atomic E-state index is 4.07. The highest BCUT2D eigenvalue weighted by molar-refractivity contribution is 14.1. The van der Waals surface area contributed by atoms with Crippen molar-refractivity contribution in [3.63, 3.8) is 0 Å². The summed E-state index contributed by atoms with van der Waals surface area (Å²) in [5.41, 5.74) is 0. The summed E-state index contributed by atoms with van der Waals surface area (Å²) < 4.78 is 1.74. The van der Waals surface area contributed by atoms with Gasteiger partial charge in [0.1, 0.15) is 0 Å². The minimum absolute atomic E-state index is 0.821. The van der Waals surface area contributed by atoms with Crippen LogP contribution in [0, 0.1) is 3.70 Å². The zero-order valence-electron chi connectivity index (χ0n) is 4.80. The highest BCUT2D eigenvalue weighted by Gasteiger charge is 2.01. The highest BCUT2D eigenvalue weighted by atomic mass is 127. The van der Waals surface area contributed by atoms with Gasteiger partial charge in [-0.3, -0.25) is 0 Å². The molecule has 50 valence electrons. The molecule has 0 fully saturated rings. The Hall–Kier alpha value is 0.350. The van der Waals surface area contributed by atoms with Gasteiger partial charge in [0.05, 0.1) is 6.54 Å². The van der Waals surface area contributed by atoms with E-state index in [0.29, 0.717) is 0 Å². The molecule has 0 aliphatic carbocycles. The predicted molar refractivity (Wildman–Crippen MR) is 46.1 cm³/mol. The van der Waals surface area contributed by atoms with Crippen molar-refractivity contribution in [2.45, 2.75) is 13.5 Å². The van der Waals surface area contributed by atoms with E-state index < -0.39 is 0 Å². The SMILES string of the molecule is CCn1nc(Br)c(I)n1. The van der Waals surface area contributed by atoms with Crippen LogP contribution in [0.15, 0.2) is 4.60 Å². The van der Waals surface area contributed by atoms with E-state index in [1.807, 2.05) is 6.92 Å². The largest absolute Gasteiger partial charge is 0.183 e. The van der Waals surface area contributed by atoms with Crippen LogP contribution in [0.5, 0.6) is 0 Å². The van der Waals surface area contributed by atoms with E-state index in [0.717, 1.165) is 14.8 Å². The third-order valence-electron chi connectivity index (χ3n) is 0.860. The Labute approximate surface area is 75.1 Å². The van der Waals surface area contributed by atoms with Crippen molar-refractivity contribution in [2.24, 2.45) is 0 Å². The molecular weight excluding hydrogens is 297 g/mol. The first-order chi connectivity index (χ1) is 4.24. The number of aryl methyl sites for hydroxylation is 1. The van der Waals surface area contributed by atoms with Crippen molar-refractivity contribution in [3.05, 3.63) is 8.30 Å². The predicted octanol–water partition coefficient (Wildman–Crippen LogP) is 1.67. The average Bonchev–Trinajstić information content (AvgIpc) is 2.13. The van der Waals surface area contributed by atoms with Crippen LogP contribution in [0.3, 0.4) is 0 Å². The summed E-state index contributed by atoms with van der Waals surface area (Å²) in [6.07, 6.45) is 0. The topological polar surface area (TPSA) is 30.7 Å². The summed E-state index contributed by atoms with van der Waals surface area (Å²) in [7, 11) is 0. The second kappa shape index (κ2) is 2.96. The molecule has 1 aromatic rings. The number of rotatable bonds is 1. The van der Waals surface area contributed by atoms with E-state index >= 15 is 0 Å². The van der Waals surface area contributed by atoms with Gasteiger partial charge in [0.25, 0.3) is 0 Å². The van der Waals surface area contributed by atoms with E-state index in [1.54, 1.807) is 4.80 Å². The van der Waals surface area contributed by atoms with Crippen molar-refractivity contribution in [3.8, 4) is 0 Å². The van der Waals surface area contributed by atoms with Gasteiger partial charge < -0.3 is 0 Å². The fourth-order valence-corrected chi connectivity index (χ4v) is 1.07. The Morgan fingerprint density at radius 2 is 2.33 bits per heavy atom. The molecule has 9 heavy (non-hydrogen) atoms. The van der Waals surface area contributed by atoms with E-state index in [1.165, 1.54) is 0 Å². The fourth-order valence-electron chi connectivity index (χ4n) is 0.449. The fraction of sp³-hybridized carbons (Fsp3) is 0.500. The van der Waals surface area contributed by atoms with Crippen LogP contribution in [-0.4, -0.2) is 15.0 Å². The molecule has 0 aliphatic rings. The van der Waals surface area contributed by atoms with Gasteiger partial charge in [-0.05, 0) is 45.4 Å². The molecule has 1 aromatic heterocycles. The molecule has 0 saturated carbocycles. The number of hydrogen-bond donors (Lipinski definition) is 0. The average molecular weight is 302 g/mol. The molecule has 0 unspecified atom stereocenters. The lowest BCUT2D eigenvalue weighted by molar-refractivity contribution is 0.565. The van der Waals surface area contributed by atoms with Crippen molar-refractivity contribution in [2.75, 3.05) is 0 Å². The quantitative estimate of drug-likeness (QED) is 0.739. The molecule has 0 aromatic carbocycles. The van der Waals surface area contributed by atoms with Crippen LogP contribution in [-0.2, 0) is 6.54 Å². The summed E-state index contributed by atoms with van der Waals surface area (Å²) >= 11 is 5.38. The van der Waals surface area contributed by atoms with Gasteiger partial charge in [0.15, 0.2) is 8.30 Å². The van der Waals surface area contributed by atoms with E-state index in [4.69, 9.17) is 0 Å². The lowest BCUT2D eigenvalue weighted by Gasteiger charge is -1.86. The monoisotopic (exact) mass is 301 g/mol. The maximum Gasteiger partial charge on any atom is 0.161 e. The molecule has 0 bridgehead atoms. The maximum absolute atomic E-state index is 4.07. The Bertz CT molecular complexity index is 190.